The van der Waals surface area contributed by atoms with Gasteiger partial charge in [0.25, 0.3) is 5.91 Å². The summed E-state index contributed by atoms with van der Waals surface area (Å²) in [5, 5.41) is 21.4. The van der Waals surface area contributed by atoms with Gasteiger partial charge < -0.3 is 20.8 Å². The number of nitrogens with zero attached hydrogens (tertiary/aromatic N) is 1. The lowest BCUT2D eigenvalue weighted by molar-refractivity contribution is -0.139. The van der Waals surface area contributed by atoms with Gasteiger partial charge in [-0.2, -0.15) is 0 Å². The second kappa shape index (κ2) is 7.04. The first-order chi connectivity index (χ1) is 12.0. The Morgan fingerprint density at radius 3 is 2.20 bits per heavy atom. The van der Waals surface area contributed by atoms with Crippen molar-refractivity contribution in [3.63, 3.8) is 0 Å². The highest BCUT2D eigenvalue weighted by Gasteiger charge is 2.51. The maximum atomic E-state index is 12.5. The van der Waals surface area contributed by atoms with Gasteiger partial charge in [-0.15, -0.1) is 0 Å². The van der Waals surface area contributed by atoms with Crippen LogP contribution in [0.4, 0.5) is 0 Å². The van der Waals surface area contributed by atoms with E-state index in [9.17, 15) is 19.8 Å². The maximum absolute atomic E-state index is 12.5. The van der Waals surface area contributed by atoms with E-state index in [2.05, 4.69) is 0 Å². The number of carbonyl (C=O) groups excluding carboxylic acids is 2. The van der Waals surface area contributed by atoms with Crippen LogP contribution in [-0.4, -0.2) is 45.6 Å². The quantitative estimate of drug-likeness (QED) is 0.740. The molecule has 1 fully saturated rings. The number of primary amides is 1. The molecule has 0 aliphatic carbocycles. The van der Waals surface area contributed by atoms with Crippen molar-refractivity contribution in [3.8, 4) is 0 Å². The van der Waals surface area contributed by atoms with Crippen LogP contribution < -0.4 is 5.73 Å². The molecule has 2 aromatic carbocycles. The van der Waals surface area contributed by atoms with Crippen LogP contribution in [0.5, 0.6) is 0 Å². The van der Waals surface area contributed by atoms with Gasteiger partial charge in [-0.25, -0.2) is 0 Å². The minimum atomic E-state index is -1.34. The largest absolute Gasteiger partial charge is 0.386 e. The molecular weight excluding hydrogens is 320 g/mol. The average molecular weight is 340 g/mol. The zero-order valence-corrected chi connectivity index (χ0v) is 13.5. The lowest BCUT2D eigenvalue weighted by Gasteiger charge is -2.31. The van der Waals surface area contributed by atoms with Crippen LogP contribution in [0, 0.1) is 0 Å². The fourth-order valence-corrected chi connectivity index (χ4v) is 3.47. The molecule has 1 aliphatic heterocycles. The van der Waals surface area contributed by atoms with Crippen LogP contribution in [-0.2, 0) is 9.59 Å². The van der Waals surface area contributed by atoms with Crippen LogP contribution in [0.25, 0.3) is 0 Å². The van der Waals surface area contributed by atoms with E-state index in [-0.39, 0.29) is 6.54 Å². The third-order valence-corrected chi connectivity index (χ3v) is 4.58. The molecular formula is C19H20N2O4. The Kier molecular flexibility index (Phi) is 4.83. The molecule has 6 heteroatoms. The van der Waals surface area contributed by atoms with Gasteiger partial charge in [0.1, 0.15) is 12.2 Å². The van der Waals surface area contributed by atoms with Gasteiger partial charge in [0.2, 0.25) is 5.91 Å². The summed E-state index contributed by atoms with van der Waals surface area (Å²) in [5.74, 6) is -1.96. The number of nitrogens with two attached hydrogens (primary N) is 1. The number of hydrogen-bond donors (Lipinski definition) is 3. The van der Waals surface area contributed by atoms with Crippen molar-refractivity contribution < 1.29 is 19.8 Å². The summed E-state index contributed by atoms with van der Waals surface area (Å²) in [6.45, 7) is -0.353. The second-order valence-corrected chi connectivity index (χ2v) is 6.16. The van der Waals surface area contributed by atoms with E-state index in [4.69, 9.17) is 5.73 Å². The molecule has 130 valence electrons. The molecule has 4 N–H and O–H groups in total. The normalized spacial score (nSPS) is 24.3. The van der Waals surface area contributed by atoms with Gasteiger partial charge in [-0.3, -0.25) is 9.59 Å². The van der Waals surface area contributed by atoms with Crippen LogP contribution >= 0.6 is 0 Å². The standard InChI is InChI=1S/C19H20N2O4/c20-14(22)11-21-16(17(23)13-9-5-2-6-10-13)15(18(24)19(21)25)12-7-3-1-4-8-12/h1-10,15-18,23-24H,11H2,(H2,20,22)/t15-,16-,17+,18-/m1/s1. The van der Waals surface area contributed by atoms with Crippen LogP contribution in [0.15, 0.2) is 60.7 Å². The molecule has 2 aromatic rings. The SMILES string of the molecule is NC(=O)CN1C(=O)[C@H](O)[C@H](c2ccccc2)[C@@H]1[C@@H](O)c1ccccc1. The van der Waals surface area contributed by atoms with Crippen molar-refractivity contribution in [1.29, 1.82) is 0 Å². The predicted molar refractivity (Wildman–Crippen MR) is 91.3 cm³/mol. The van der Waals surface area contributed by atoms with Crippen molar-refractivity contribution in [2.75, 3.05) is 6.54 Å². The fraction of sp³-hybridized carbons (Fsp3) is 0.263. The number of aliphatic hydroxyl groups excluding tert-OH is 2. The van der Waals surface area contributed by atoms with Crippen LogP contribution in [0.2, 0.25) is 0 Å². The summed E-state index contributed by atoms with van der Waals surface area (Å²) in [4.78, 5) is 25.1. The zero-order valence-electron chi connectivity index (χ0n) is 13.5. The summed E-state index contributed by atoms with van der Waals surface area (Å²) < 4.78 is 0. The van der Waals surface area contributed by atoms with E-state index in [0.717, 1.165) is 5.56 Å². The first kappa shape index (κ1) is 17.1. The highest BCUT2D eigenvalue weighted by atomic mass is 16.3. The molecule has 0 saturated carbocycles. The molecule has 0 radical (unpaired) electrons. The van der Waals surface area contributed by atoms with Crippen LogP contribution in [0.3, 0.4) is 0 Å². The number of aliphatic hydroxyl groups is 2. The summed E-state index contributed by atoms with van der Waals surface area (Å²) in [6, 6.07) is 17.1. The summed E-state index contributed by atoms with van der Waals surface area (Å²) in [7, 11) is 0. The number of rotatable bonds is 5. The van der Waals surface area contributed by atoms with Crippen molar-refractivity contribution in [2.24, 2.45) is 5.73 Å². The Bertz CT molecular complexity index is 751. The van der Waals surface area contributed by atoms with Crippen molar-refractivity contribution in [1.82, 2.24) is 4.90 Å². The summed E-state index contributed by atoms with van der Waals surface area (Å²) in [6.07, 6.45) is -2.41. The lowest BCUT2D eigenvalue weighted by atomic mass is 9.85. The Morgan fingerprint density at radius 1 is 1.08 bits per heavy atom. The molecule has 4 atom stereocenters. The van der Waals surface area contributed by atoms with E-state index >= 15 is 0 Å². The van der Waals surface area contributed by atoms with E-state index < -0.39 is 36.0 Å². The highest BCUT2D eigenvalue weighted by molar-refractivity contribution is 5.89. The first-order valence-corrected chi connectivity index (χ1v) is 8.05. The molecule has 1 heterocycles. The van der Waals surface area contributed by atoms with E-state index in [1.807, 2.05) is 12.1 Å². The van der Waals surface area contributed by atoms with E-state index in [0.29, 0.717) is 5.56 Å². The van der Waals surface area contributed by atoms with Gasteiger partial charge in [-0.05, 0) is 11.1 Å². The maximum Gasteiger partial charge on any atom is 0.252 e. The summed E-state index contributed by atoms with van der Waals surface area (Å²) >= 11 is 0. The first-order valence-electron chi connectivity index (χ1n) is 8.05. The minimum Gasteiger partial charge on any atom is -0.386 e. The molecule has 2 amide bonds. The predicted octanol–water partition coefficient (Wildman–Crippen LogP) is 0.561. The number of carbonyl (C=O) groups is 2. The topological polar surface area (TPSA) is 104 Å². The van der Waals surface area contributed by atoms with E-state index in [1.54, 1.807) is 48.5 Å². The third-order valence-electron chi connectivity index (χ3n) is 4.58. The molecule has 25 heavy (non-hydrogen) atoms. The van der Waals surface area contributed by atoms with Gasteiger partial charge in [0, 0.05) is 5.92 Å². The Hall–Kier alpha value is -2.70. The number of amides is 2. The fourth-order valence-electron chi connectivity index (χ4n) is 3.47. The molecule has 0 spiro atoms. The highest BCUT2D eigenvalue weighted by Crippen LogP contribution is 2.40. The van der Waals surface area contributed by atoms with E-state index in [1.165, 1.54) is 4.90 Å². The molecule has 0 unspecified atom stereocenters. The average Bonchev–Trinajstić information content (AvgIpc) is 2.87. The van der Waals surface area contributed by atoms with Crippen LogP contribution in [0.1, 0.15) is 23.1 Å². The molecule has 6 nitrogen and oxygen atoms in total. The van der Waals surface area contributed by atoms with Crippen molar-refractivity contribution in [3.05, 3.63) is 71.8 Å². The third kappa shape index (κ3) is 3.26. The molecule has 3 rings (SSSR count). The molecule has 0 aromatic heterocycles. The smallest absolute Gasteiger partial charge is 0.252 e. The van der Waals surface area contributed by atoms with Gasteiger partial charge in [0.15, 0.2) is 0 Å². The number of likely N-dealkylation sites (tertiary alicyclic amines) is 1. The Labute approximate surface area is 145 Å². The van der Waals surface area contributed by atoms with Gasteiger partial charge in [0.05, 0.1) is 12.6 Å². The summed E-state index contributed by atoms with van der Waals surface area (Å²) in [5.41, 5.74) is 6.59. The zero-order chi connectivity index (χ0) is 18.0. The second-order valence-electron chi connectivity index (χ2n) is 6.16. The molecule has 1 aliphatic rings. The number of hydrogen-bond acceptors (Lipinski definition) is 4. The van der Waals surface area contributed by atoms with Gasteiger partial charge >= 0.3 is 0 Å². The van der Waals surface area contributed by atoms with Crippen molar-refractivity contribution in [2.45, 2.75) is 24.2 Å². The Morgan fingerprint density at radius 2 is 1.64 bits per heavy atom. The number of benzene rings is 2. The minimum absolute atomic E-state index is 0.353. The molecule has 1 saturated heterocycles. The van der Waals surface area contributed by atoms with Gasteiger partial charge in [-0.1, -0.05) is 60.7 Å². The monoisotopic (exact) mass is 340 g/mol. The lowest BCUT2D eigenvalue weighted by Crippen LogP contribution is -2.44. The van der Waals surface area contributed by atoms with Crippen molar-refractivity contribution >= 4 is 11.8 Å². The molecule has 0 bridgehead atoms. The Balaban J connectivity index is 2.05.